The maximum atomic E-state index is 5.74. The van der Waals surface area contributed by atoms with E-state index in [2.05, 4.69) is 24.5 Å². The predicted octanol–water partition coefficient (Wildman–Crippen LogP) is 2.74. The molecular weight excluding hydrogens is 445 g/mol. The van der Waals surface area contributed by atoms with Crippen LogP contribution in [0.3, 0.4) is 0 Å². The molecule has 1 aromatic carbocycles. The molecule has 1 fully saturated rings. The number of aliphatic imine (C=N–C) groups is 1. The Bertz CT molecular complexity index is 531. The lowest BCUT2D eigenvalue weighted by molar-refractivity contribution is -0.0828. The van der Waals surface area contributed by atoms with Gasteiger partial charge in [-0.1, -0.05) is 17.7 Å². The summed E-state index contributed by atoms with van der Waals surface area (Å²) in [6, 6.07) is 8.07. The van der Waals surface area contributed by atoms with Crippen LogP contribution in [0.25, 0.3) is 0 Å². The monoisotopic (exact) mass is 477 g/mol. The Morgan fingerprint density at radius 3 is 2.50 bits per heavy atom. The van der Waals surface area contributed by atoms with Crippen molar-refractivity contribution >= 4 is 29.9 Å². The number of halogens is 1. The summed E-state index contributed by atoms with van der Waals surface area (Å²) in [5.41, 5.74) is 1.02. The van der Waals surface area contributed by atoms with Crippen LogP contribution in [0.5, 0.6) is 5.75 Å². The first kappa shape index (κ1) is 23.0. The van der Waals surface area contributed by atoms with Gasteiger partial charge in [0.05, 0.1) is 18.7 Å². The van der Waals surface area contributed by atoms with Crippen molar-refractivity contribution in [1.82, 2.24) is 10.6 Å². The summed E-state index contributed by atoms with van der Waals surface area (Å²) < 4.78 is 16.9. The van der Waals surface area contributed by atoms with Crippen LogP contribution in [-0.2, 0) is 9.47 Å². The molecule has 0 aromatic heterocycles. The number of aryl methyl sites for hydroxylation is 1. The maximum absolute atomic E-state index is 5.74. The third-order valence-electron chi connectivity index (χ3n) is 4.39. The zero-order valence-corrected chi connectivity index (χ0v) is 18.4. The fourth-order valence-corrected chi connectivity index (χ4v) is 2.71. The summed E-state index contributed by atoms with van der Waals surface area (Å²) in [6.07, 6.45) is 1.76. The summed E-state index contributed by atoms with van der Waals surface area (Å²) in [7, 11) is 1.76. The minimum absolute atomic E-state index is 0. The zero-order valence-electron chi connectivity index (χ0n) is 16.0. The van der Waals surface area contributed by atoms with Gasteiger partial charge in [-0.25, -0.2) is 0 Å². The molecule has 2 N–H and O–H groups in total. The Morgan fingerprint density at radius 2 is 1.88 bits per heavy atom. The van der Waals surface area contributed by atoms with Gasteiger partial charge in [0.15, 0.2) is 5.96 Å². The third-order valence-corrected chi connectivity index (χ3v) is 4.39. The molecule has 0 amide bonds. The van der Waals surface area contributed by atoms with Crippen LogP contribution < -0.4 is 15.4 Å². The average molecular weight is 477 g/mol. The van der Waals surface area contributed by atoms with Gasteiger partial charge in [0, 0.05) is 39.7 Å². The zero-order chi connectivity index (χ0) is 18.0. The van der Waals surface area contributed by atoms with E-state index in [-0.39, 0.29) is 29.6 Å². The summed E-state index contributed by atoms with van der Waals surface area (Å²) in [4.78, 5) is 4.69. The topological polar surface area (TPSA) is 64.1 Å². The number of nitrogens with one attached hydrogen (secondary N) is 2. The largest absolute Gasteiger partial charge is 0.492 e. The van der Waals surface area contributed by atoms with Crippen LogP contribution in [-0.4, -0.2) is 58.1 Å². The van der Waals surface area contributed by atoms with Crippen molar-refractivity contribution in [2.75, 3.05) is 46.6 Å². The lowest BCUT2D eigenvalue weighted by Gasteiger charge is -2.34. The van der Waals surface area contributed by atoms with E-state index in [1.165, 1.54) is 5.56 Å². The molecule has 1 heterocycles. The minimum Gasteiger partial charge on any atom is -0.492 e. The number of ether oxygens (including phenoxy) is 3. The maximum Gasteiger partial charge on any atom is 0.191 e. The molecule has 0 radical (unpaired) electrons. The number of rotatable bonds is 8. The number of nitrogens with zero attached hydrogens (tertiary/aromatic N) is 1. The van der Waals surface area contributed by atoms with Crippen molar-refractivity contribution in [2.45, 2.75) is 32.3 Å². The van der Waals surface area contributed by atoms with Gasteiger partial charge in [0.25, 0.3) is 0 Å². The molecule has 1 aliphatic heterocycles. The van der Waals surface area contributed by atoms with E-state index in [1.807, 2.05) is 24.3 Å². The van der Waals surface area contributed by atoms with E-state index in [9.17, 15) is 0 Å². The van der Waals surface area contributed by atoms with Crippen LogP contribution in [0, 0.1) is 6.92 Å². The second kappa shape index (κ2) is 12.3. The third kappa shape index (κ3) is 7.67. The molecule has 6 nitrogen and oxygen atoms in total. The quantitative estimate of drug-likeness (QED) is 0.261. The van der Waals surface area contributed by atoms with Crippen LogP contribution in [0.2, 0.25) is 0 Å². The van der Waals surface area contributed by atoms with Crippen molar-refractivity contribution in [3.63, 3.8) is 0 Å². The van der Waals surface area contributed by atoms with Gasteiger partial charge in [0.1, 0.15) is 12.4 Å². The molecule has 2 rings (SSSR count). The molecule has 1 aliphatic rings. The van der Waals surface area contributed by atoms with Crippen molar-refractivity contribution in [3.05, 3.63) is 29.8 Å². The van der Waals surface area contributed by atoms with Gasteiger partial charge in [-0.05, 0) is 26.0 Å². The molecular formula is C19H32IN3O3. The lowest BCUT2D eigenvalue weighted by atomic mass is 9.94. The van der Waals surface area contributed by atoms with Crippen molar-refractivity contribution in [1.29, 1.82) is 0 Å². The molecule has 0 saturated carbocycles. The Hall–Kier alpha value is -1.06. The second-order valence-electron chi connectivity index (χ2n) is 6.28. The Balaban J connectivity index is 0.00000338. The smallest absolute Gasteiger partial charge is 0.191 e. The van der Waals surface area contributed by atoms with E-state index in [4.69, 9.17) is 19.2 Å². The van der Waals surface area contributed by atoms with Gasteiger partial charge >= 0.3 is 0 Å². The van der Waals surface area contributed by atoms with E-state index >= 15 is 0 Å². The second-order valence-corrected chi connectivity index (χ2v) is 6.28. The highest BCUT2D eigenvalue weighted by Gasteiger charge is 2.32. The van der Waals surface area contributed by atoms with Gasteiger partial charge in [-0.15, -0.1) is 24.0 Å². The summed E-state index contributed by atoms with van der Waals surface area (Å²) >= 11 is 0. The van der Waals surface area contributed by atoms with Gasteiger partial charge in [0.2, 0.25) is 0 Å². The summed E-state index contributed by atoms with van der Waals surface area (Å²) in [5, 5.41) is 6.58. The predicted molar refractivity (Wildman–Crippen MR) is 116 cm³/mol. The number of hydrogen-bond acceptors (Lipinski definition) is 4. The van der Waals surface area contributed by atoms with Gasteiger partial charge < -0.3 is 24.8 Å². The fourth-order valence-electron chi connectivity index (χ4n) is 2.71. The lowest BCUT2D eigenvalue weighted by Crippen LogP contribution is -2.44. The Kier molecular flexibility index (Phi) is 10.9. The molecule has 1 aromatic rings. The van der Waals surface area contributed by atoms with Crippen molar-refractivity contribution in [2.24, 2.45) is 4.99 Å². The number of guanidine groups is 1. The molecule has 26 heavy (non-hydrogen) atoms. The number of methoxy groups -OCH3 is 1. The first-order chi connectivity index (χ1) is 12.2. The Morgan fingerprint density at radius 1 is 1.19 bits per heavy atom. The van der Waals surface area contributed by atoms with Gasteiger partial charge in [-0.3, -0.25) is 4.99 Å². The number of hydrogen-bond donors (Lipinski definition) is 2. The Labute approximate surface area is 174 Å². The molecule has 0 aliphatic carbocycles. The first-order valence-electron chi connectivity index (χ1n) is 9.02. The summed E-state index contributed by atoms with van der Waals surface area (Å²) in [5.74, 6) is 1.67. The van der Waals surface area contributed by atoms with Crippen molar-refractivity contribution in [3.8, 4) is 5.75 Å². The van der Waals surface area contributed by atoms with E-state index in [1.54, 1.807) is 7.11 Å². The molecule has 1 saturated heterocycles. The number of benzene rings is 1. The highest BCUT2D eigenvalue weighted by Crippen LogP contribution is 2.24. The molecule has 0 bridgehead atoms. The molecule has 0 atom stereocenters. The van der Waals surface area contributed by atoms with Gasteiger partial charge in [-0.2, -0.15) is 0 Å². The van der Waals surface area contributed by atoms with E-state index in [0.29, 0.717) is 19.7 Å². The molecule has 148 valence electrons. The fraction of sp³-hybridized carbons (Fsp3) is 0.632. The SMILES string of the molecule is CCNC(=NCC1(OC)CCOCC1)NCCOc1ccc(C)cc1.I. The molecule has 7 heteroatoms. The van der Waals surface area contributed by atoms with E-state index in [0.717, 1.165) is 44.3 Å². The summed E-state index contributed by atoms with van der Waals surface area (Å²) in [6.45, 7) is 8.29. The van der Waals surface area contributed by atoms with Crippen LogP contribution in [0.1, 0.15) is 25.3 Å². The average Bonchev–Trinajstić information content (AvgIpc) is 2.65. The molecule has 0 spiro atoms. The highest BCUT2D eigenvalue weighted by atomic mass is 127. The van der Waals surface area contributed by atoms with Crippen LogP contribution >= 0.6 is 24.0 Å². The van der Waals surface area contributed by atoms with Crippen LogP contribution in [0.4, 0.5) is 0 Å². The van der Waals surface area contributed by atoms with E-state index < -0.39 is 0 Å². The normalized spacial score (nSPS) is 16.5. The standard InChI is InChI=1S/C19H31N3O3.HI/c1-4-20-18(22-15-19(23-3)9-12-24-13-10-19)21-11-14-25-17-7-5-16(2)6-8-17;/h5-8H,4,9-15H2,1-3H3,(H2,20,21,22);1H. The highest BCUT2D eigenvalue weighted by molar-refractivity contribution is 14.0. The van der Waals surface area contributed by atoms with Crippen molar-refractivity contribution < 1.29 is 14.2 Å². The molecule has 0 unspecified atom stereocenters. The van der Waals surface area contributed by atoms with Crippen LogP contribution in [0.15, 0.2) is 29.3 Å². The first-order valence-corrected chi connectivity index (χ1v) is 9.02. The minimum atomic E-state index is -0.209.